The normalized spacial score (nSPS) is 49.4. The largest absolute Gasteiger partial charge is 0.413 e. The third-order valence-electron chi connectivity index (χ3n) is 16.4. The second-order valence-electron chi connectivity index (χ2n) is 21.5. The van der Waals surface area contributed by atoms with Gasteiger partial charge in [-0.1, -0.05) is 40.9 Å². The number of hydrogen-bond acceptors (Lipinski definition) is 12. The minimum atomic E-state index is -2.10. The van der Waals surface area contributed by atoms with Gasteiger partial charge in [-0.2, -0.15) is 0 Å². The van der Waals surface area contributed by atoms with Crippen molar-refractivity contribution in [2.45, 2.75) is 239 Å². The summed E-state index contributed by atoms with van der Waals surface area (Å²) >= 11 is 0. The SMILES string of the molecule is C=C1C[C@@H]2CCC34CC5O[C@H]6[C@@H](O3)[C@H]3OC(CC[C@@H]3O[C@H]6[C@H]5O4)CC(O)C[C@H]3[C@H](CC4O[C@@H](CCC1O2)C[C@@H](C)C4=C)OC(C[C@@H](CN)O[Si](C)(C)C(C)(C)C)[C@@H]3OC. The zero-order chi connectivity index (χ0) is 41.6. The summed E-state index contributed by atoms with van der Waals surface area (Å²) in [5, 5.41) is 12.1. The van der Waals surface area contributed by atoms with Crippen LogP contribution in [0.4, 0.5) is 0 Å². The fourth-order valence-electron chi connectivity index (χ4n) is 12.1. The Morgan fingerprint density at radius 2 is 1.51 bits per heavy atom. The molecule has 0 aromatic carbocycles. The van der Waals surface area contributed by atoms with E-state index in [1.54, 1.807) is 7.11 Å². The van der Waals surface area contributed by atoms with Crippen LogP contribution in [0.3, 0.4) is 0 Å². The summed E-state index contributed by atoms with van der Waals surface area (Å²) in [7, 11) is -0.334. The molecule has 10 aliphatic rings. The molecule has 0 amide bonds. The van der Waals surface area contributed by atoms with Crippen LogP contribution >= 0.6 is 0 Å². The fraction of sp³-hybridized carbons (Fsp3) is 0.913. The molecule has 12 nitrogen and oxygen atoms in total. The van der Waals surface area contributed by atoms with E-state index in [0.717, 1.165) is 62.5 Å². The molecule has 10 saturated heterocycles. The summed E-state index contributed by atoms with van der Waals surface area (Å²) in [6.45, 7) is 23.0. The van der Waals surface area contributed by atoms with E-state index >= 15 is 0 Å². The zero-order valence-corrected chi connectivity index (χ0v) is 37.9. The Labute approximate surface area is 354 Å². The first-order chi connectivity index (χ1) is 28.0. The summed E-state index contributed by atoms with van der Waals surface area (Å²) < 4.78 is 68.3. The first-order valence-corrected chi connectivity index (χ1v) is 26.2. The van der Waals surface area contributed by atoms with Crippen molar-refractivity contribution in [1.29, 1.82) is 0 Å². The highest BCUT2D eigenvalue weighted by molar-refractivity contribution is 6.74. The van der Waals surface area contributed by atoms with Crippen molar-refractivity contribution in [3.8, 4) is 0 Å². The highest BCUT2D eigenvalue weighted by Crippen LogP contribution is 2.54. The van der Waals surface area contributed by atoms with Gasteiger partial charge in [-0.05, 0) is 93.0 Å². The third-order valence-corrected chi connectivity index (χ3v) is 20.9. The van der Waals surface area contributed by atoms with Crippen LogP contribution in [0, 0.1) is 11.8 Å². The Bertz CT molecular complexity index is 1540. The van der Waals surface area contributed by atoms with Crippen LogP contribution in [0.1, 0.15) is 111 Å². The van der Waals surface area contributed by atoms with E-state index in [2.05, 4.69) is 53.9 Å². The van der Waals surface area contributed by atoms with E-state index in [9.17, 15) is 5.11 Å². The molecule has 0 aliphatic carbocycles. The average molecular weight is 846 g/mol. The van der Waals surface area contributed by atoms with Gasteiger partial charge in [0, 0.05) is 45.3 Å². The first-order valence-electron chi connectivity index (χ1n) is 23.3. The van der Waals surface area contributed by atoms with E-state index in [-0.39, 0.29) is 109 Å². The topological polar surface area (TPSA) is 139 Å². The van der Waals surface area contributed by atoms with Gasteiger partial charge in [0.15, 0.2) is 14.1 Å². The minimum Gasteiger partial charge on any atom is -0.413 e. The highest BCUT2D eigenvalue weighted by atomic mass is 28.4. The molecule has 20 atom stereocenters. The average Bonchev–Trinajstić information content (AvgIpc) is 3.85. The molecule has 10 aliphatic heterocycles. The summed E-state index contributed by atoms with van der Waals surface area (Å²) in [5.41, 5.74) is 8.70. The van der Waals surface area contributed by atoms with Crippen LogP contribution in [0.5, 0.6) is 0 Å². The van der Waals surface area contributed by atoms with Crippen LogP contribution < -0.4 is 5.73 Å². The van der Waals surface area contributed by atoms with Crippen molar-refractivity contribution in [2.75, 3.05) is 13.7 Å². The van der Waals surface area contributed by atoms with Gasteiger partial charge in [0.1, 0.15) is 30.5 Å². The summed E-state index contributed by atoms with van der Waals surface area (Å²) in [6, 6.07) is 0. The molecule has 1 spiro atoms. The quantitative estimate of drug-likeness (QED) is 0.231. The molecule has 0 radical (unpaired) electrons. The lowest BCUT2D eigenvalue weighted by molar-refractivity contribution is -0.294. The van der Waals surface area contributed by atoms with E-state index in [1.807, 2.05) is 0 Å². The number of aliphatic hydroxyl groups excluding tert-OH is 1. The standard InChI is InChI=1S/C46H75NO11Si/c1-24-16-28-10-12-33-25(2)17-30(50-33)14-15-46-22-38-41(56-46)42-43(55-38)44(57-46)40-34(54-42)13-11-29(52-40)18-27(48)19-32-36(21-35(51-28)26(24)3)53-37(39(32)49-7)20-31(23-47)58-59(8,9)45(4,5)6/h24,27-44,48H,2-3,10-23,47H2,1,4-9H3/t24-,27?,28+,29?,30+,31+,32+,33?,34+,35?,36+,37?,38?,39-,40+,41+,42+,43-,44+,46?/m1/s1. The van der Waals surface area contributed by atoms with Gasteiger partial charge < -0.3 is 57.9 Å². The number of ether oxygens (including phenoxy) is 9. The maximum Gasteiger partial charge on any atom is 0.192 e. The fourth-order valence-corrected chi connectivity index (χ4v) is 13.5. The molecule has 13 heteroatoms. The van der Waals surface area contributed by atoms with Crippen molar-refractivity contribution in [3.05, 3.63) is 24.3 Å². The maximum absolute atomic E-state index is 12.0. The van der Waals surface area contributed by atoms with E-state index in [0.29, 0.717) is 44.6 Å². The molecule has 334 valence electrons. The second kappa shape index (κ2) is 16.6. The van der Waals surface area contributed by atoms with Crippen LogP contribution in [0.25, 0.3) is 0 Å². The predicted molar refractivity (Wildman–Crippen MR) is 223 cm³/mol. The number of rotatable bonds is 6. The lowest BCUT2D eigenvalue weighted by Gasteiger charge is -2.47. The van der Waals surface area contributed by atoms with Crippen molar-refractivity contribution in [1.82, 2.24) is 0 Å². The lowest BCUT2D eigenvalue weighted by atomic mass is 9.81. The van der Waals surface area contributed by atoms with Gasteiger partial charge in [0.25, 0.3) is 0 Å². The molecule has 7 unspecified atom stereocenters. The summed E-state index contributed by atoms with van der Waals surface area (Å²) in [4.78, 5) is 0. The van der Waals surface area contributed by atoms with Crippen LogP contribution in [0.15, 0.2) is 24.3 Å². The summed E-state index contributed by atoms with van der Waals surface area (Å²) in [6.07, 6.45) is 6.65. The van der Waals surface area contributed by atoms with Crippen molar-refractivity contribution in [2.24, 2.45) is 17.6 Å². The maximum atomic E-state index is 12.0. The van der Waals surface area contributed by atoms with Gasteiger partial charge in [-0.15, -0.1) is 0 Å². The Hall–Kier alpha value is -0.783. The highest BCUT2D eigenvalue weighted by Gasteiger charge is 2.69. The molecule has 10 rings (SSSR count). The number of aliphatic hydroxyl groups is 1. The second-order valence-corrected chi connectivity index (χ2v) is 26.2. The van der Waals surface area contributed by atoms with Gasteiger partial charge >= 0.3 is 0 Å². The molecule has 59 heavy (non-hydrogen) atoms. The number of fused-ring (bicyclic) bond motifs is 6. The number of nitrogens with two attached hydrogens (primary N) is 1. The monoisotopic (exact) mass is 846 g/mol. The minimum absolute atomic E-state index is 0.00138. The first kappa shape index (κ1) is 43.5. The number of hydrogen-bond donors (Lipinski definition) is 2. The van der Waals surface area contributed by atoms with Crippen molar-refractivity contribution < 1.29 is 52.2 Å². The molecular weight excluding hydrogens is 771 g/mol. The van der Waals surface area contributed by atoms with Gasteiger partial charge in [-0.3, -0.25) is 0 Å². The molecule has 10 heterocycles. The third kappa shape index (κ3) is 8.39. The molecule has 0 saturated carbocycles. The predicted octanol–water partition coefficient (Wildman–Crippen LogP) is 6.26. The Balaban J connectivity index is 0.983. The summed E-state index contributed by atoms with van der Waals surface area (Å²) in [5.74, 6) is -0.539. The van der Waals surface area contributed by atoms with Crippen LogP contribution in [-0.2, 0) is 47.1 Å². The molecule has 3 N–H and O–H groups in total. The zero-order valence-electron chi connectivity index (χ0n) is 36.9. The molecular formula is C46H75NO11Si. The van der Waals surface area contributed by atoms with Gasteiger partial charge in [0.2, 0.25) is 0 Å². The molecule has 10 fully saturated rings. The Morgan fingerprint density at radius 1 is 0.797 bits per heavy atom. The van der Waals surface area contributed by atoms with Gasteiger partial charge in [-0.25, -0.2) is 0 Å². The van der Waals surface area contributed by atoms with Gasteiger partial charge in [0.05, 0.1) is 73.2 Å². The number of methoxy groups -OCH3 is 1. The Kier molecular flexibility index (Phi) is 12.3. The van der Waals surface area contributed by atoms with E-state index in [4.69, 9.17) is 52.8 Å². The van der Waals surface area contributed by atoms with Crippen molar-refractivity contribution in [3.63, 3.8) is 0 Å². The molecule has 0 aromatic rings. The van der Waals surface area contributed by atoms with E-state index in [1.165, 1.54) is 0 Å². The van der Waals surface area contributed by atoms with Crippen LogP contribution in [-0.4, -0.2) is 137 Å². The van der Waals surface area contributed by atoms with Crippen LogP contribution in [0.2, 0.25) is 18.1 Å². The molecule has 12 bridgehead atoms. The van der Waals surface area contributed by atoms with E-state index < -0.39 is 20.2 Å². The Morgan fingerprint density at radius 3 is 2.27 bits per heavy atom. The molecule has 0 aromatic heterocycles. The van der Waals surface area contributed by atoms with Crippen molar-refractivity contribution >= 4 is 8.32 Å². The smallest absolute Gasteiger partial charge is 0.192 e. The lowest BCUT2D eigenvalue weighted by Crippen LogP contribution is -2.61.